The lowest BCUT2D eigenvalue weighted by atomic mass is 10.0. The molecular formula is C13H16N2. The largest absolute Gasteiger partial charge is 0.384 e. The predicted octanol–water partition coefficient (Wildman–Crippen LogP) is 3.10. The smallest absolute Gasteiger partial charge is 0.0628 e. The molecular weight excluding hydrogens is 184 g/mol. The summed E-state index contributed by atoms with van der Waals surface area (Å²) in [5, 5.41) is 12.1. The molecule has 1 aliphatic rings. The minimum Gasteiger partial charge on any atom is -0.384 e. The Morgan fingerprint density at radius 3 is 2.53 bits per heavy atom. The molecule has 0 aromatic heterocycles. The average Bonchev–Trinajstić information content (AvgIpc) is 2.99. The fraction of sp³-hybridized carbons (Fsp3) is 0.462. The first-order valence-electron chi connectivity index (χ1n) is 5.42. The van der Waals surface area contributed by atoms with Crippen LogP contribution in [0, 0.1) is 23.7 Å². The Labute approximate surface area is 90.9 Å². The Morgan fingerprint density at radius 2 is 2.00 bits per heavy atom. The van der Waals surface area contributed by atoms with E-state index in [0.717, 1.165) is 12.2 Å². The van der Waals surface area contributed by atoms with E-state index in [9.17, 15) is 0 Å². The average molecular weight is 200 g/mol. The lowest BCUT2D eigenvalue weighted by Crippen LogP contribution is -2.14. The lowest BCUT2D eigenvalue weighted by Gasteiger charge is -2.13. The predicted molar refractivity (Wildman–Crippen MR) is 61.6 cm³/mol. The molecule has 0 amide bonds. The van der Waals surface area contributed by atoms with E-state index in [4.69, 9.17) is 5.26 Å². The number of nitriles is 1. The SMILES string of the molecule is Cc1ccc(NCC2(CC#N)CC2)cc1. The number of hydrogen-bond donors (Lipinski definition) is 1. The summed E-state index contributed by atoms with van der Waals surface area (Å²) < 4.78 is 0. The molecule has 0 radical (unpaired) electrons. The van der Waals surface area contributed by atoms with Crippen molar-refractivity contribution in [3.05, 3.63) is 29.8 Å². The molecule has 0 unspecified atom stereocenters. The van der Waals surface area contributed by atoms with Crippen molar-refractivity contribution < 1.29 is 0 Å². The van der Waals surface area contributed by atoms with Crippen LogP contribution in [0.2, 0.25) is 0 Å². The molecule has 0 saturated heterocycles. The molecule has 1 N–H and O–H groups in total. The summed E-state index contributed by atoms with van der Waals surface area (Å²) in [4.78, 5) is 0. The van der Waals surface area contributed by atoms with Gasteiger partial charge in [-0.3, -0.25) is 0 Å². The van der Waals surface area contributed by atoms with Crippen LogP contribution in [0.1, 0.15) is 24.8 Å². The maximum atomic E-state index is 8.70. The zero-order valence-electron chi connectivity index (χ0n) is 9.09. The zero-order valence-corrected chi connectivity index (χ0v) is 9.09. The van der Waals surface area contributed by atoms with Crippen LogP contribution >= 0.6 is 0 Å². The lowest BCUT2D eigenvalue weighted by molar-refractivity contribution is 0.557. The fourth-order valence-electron chi connectivity index (χ4n) is 1.72. The van der Waals surface area contributed by atoms with Gasteiger partial charge in [-0.25, -0.2) is 0 Å². The number of hydrogen-bond acceptors (Lipinski definition) is 2. The molecule has 15 heavy (non-hydrogen) atoms. The first-order valence-corrected chi connectivity index (χ1v) is 5.42. The summed E-state index contributed by atoms with van der Waals surface area (Å²) in [6.07, 6.45) is 3.07. The van der Waals surface area contributed by atoms with Gasteiger partial charge in [-0.1, -0.05) is 17.7 Å². The maximum absolute atomic E-state index is 8.70. The maximum Gasteiger partial charge on any atom is 0.0628 e. The number of aryl methyl sites for hydroxylation is 1. The quantitative estimate of drug-likeness (QED) is 0.810. The Kier molecular flexibility index (Phi) is 2.64. The molecule has 2 rings (SSSR count). The molecule has 1 aliphatic carbocycles. The first-order chi connectivity index (χ1) is 7.24. The number of benzene rings is 1. The van der Waals surface area contributed by atoms with Crippen LogP contribution < -0.4 is 5.32 Å². The number of rotatable bonds is 4. The topological polar surface area (TPSA) is 35.8 Å². The highest BCUT2D eigenvalue weighted by molar-refractivity contribution is 5.44. The summed E-state index contributed by atoms with van der Waals surface area (Å²) in [6, 6.07) is 10.7. The standard InChI is InChI=1S/C13H16N2/c1-11-2-4-12(5-3-11)15-10-13(6-7-13)8-9-14/h2-5,15H,6-8,10H2,1H3. The third-order valence-corrected chi connectivity index (χ3v) is 3.13. The first kappa shape index (κ1) is 10.0. The molecule has 0 spiro atoms. The van der Waals surface area contributed by atoms with E-state index < -0.39 is 0 Å². The van der Waals surface area contributed by atoms with Gasteiger partial charge < -0.3 is 5.32 Å². The highest BCUT2D eigenvalue weighted by Gasteiger charge is 2.41. The summed E-state index contributed by atoms with van der Waals surface area (Å²) in [5.41, 5.74) is 2.71. The second-order valence-electron chi connectivity index (χ2n) is 4.55. The molecule has 1 aromatic carbocycles. The van der Waals surface area contributed by atoms with Gasteiger partial charge in [0.1, 0.15) is 0 Å². The Hall–Kier alpha value is -1.49. The Balaban J connectivity index is 1.88. The normalized spacial score (nSPS) is 16.8. The molecule has 2 heteroatoms. The van der Waals surface area contributed by atoms with Crippen LogP contribution in [0.15, 0.2) is 24.3 Å². The zero-order chi connectivity index (χ0) is 10.7. The van der Waals surface area contributed by atoms with Gasteiger partial charge in [-0.2, -0.15) is 5.26 Å². The van der Waals surface area contributed by atoms with Gasteiger partial charge in [-0.05, 0) is 31.9 Å². The molecule has 78 valence electrons. The van der Waals surface area contributed by atoms with E-state index in [1.54, 1.807) is 0 Å². The van der Waals surface area contributed by atoms with Gasteiger partial charge >= 0.3 is 0 Å². The minimum atomic E-state index is 0.277. The van der Waals surface area contributed by atoms with Crippen molar-refractivity contribution in [1.29, 1.82) is 5.26 Å². The summed E-state index contributed by atoms with van der Waals surface area (Å²) in [6.45, 7) is 3.02. The van der Waals surface area contributed by atoms with Crippen LogP contribution in [0.3, 0.4) is 0 Å². The van der Waals surface area contributed by atoms with Crippen LogP contribution in [0.4, 0.5) is 5.69 Å². The molecule has 0 bridgehead atoms. The highest BCUT2D eigenvalue weighted by Crippen LogP contribution is 2.48. The second-order valence-corrected chi connectivity index (χ2v) is 4.55. The molecule has 0 atom stereocenters. The highest BCUT2D eigenvalue weighted by atomic mass is 14.9. The van der Waals surface area contributed by atoms with Crippen molar-refractivity contribution in [2.45, 2.75) is 26.2 Å². The van der Waals surface area contributed by atoms with Gasteiger partial charge in [0.2, 0.25) is 0 Å². The van der Waals surface area contributed by atoms with Crippen molar-refractivity contribution in [1.82, 2.24) is 0 Å². The molecule has 1 saturated carbocycles. The van der Waals surface area contributed by atoms with Gasteiger partial charge in [0.25, 0.3) is 0 Å². The van der Waals surface area contributed by atoms with E-state index >= 15 is 0 Å². The molecule has 2 nitrogen and oxygen atoms in total. The molecule has 0 aliphatic heterocycles. The summed E-state index contributed by atoms with van der Waals surface area (Å²) in [7, 11) is 0. The molecule has 0 heterocycles. The Morgan fingerprint density at radius 1 is 1.33 bits per heavy atom. The van der Waals surface area contributed by atoms with Crippen LogP contribution in [-0.2, 0) is 0 Å². The van der Waals surface area contributed by atoms with Crippen molar-refractivity contribution in [2.75, 3.05) is 11.9 Å². The minimum absolute atomic E-state index is 0.277. The van der Waals surface area contributed by atoms with Crippen molar-refractivity contribution in [2.24, 2.45) is 5.41 Å². The van der Waals surface area contributed by atoms with E-state index in [0.29, 0.717) is 6.42 Å². The summed E-state index contributed by atoms with van der Waals surface area (Å²) in [5.74, 6) is 0. The van der Waals surface area contributed by atoms with Gasteiger partial charge in [-0.15, -0.1) is 0 Å². The van der Waals surface area contributed by atoms with Crippen LogP contribution in [-0.4, -0.2) is 6.54 Å². The van der Waals surface area contributed by atoms with Gasteiger partial charge in [0.05, 0.1) is 6.07 Å². The van der Waals surface area contributed by atoms with Gasteiger partial charge in [0.15, 0.2) is 0 Å². The fourth-order valence-corrected chi connectivity index (χ4v) is 1.72. The number of nitrogens with one attached hydrogen (secondary N) is 1. The summed E-state index contributed by atoms with van der Waals surface area (Å²) >= 11 is 0. The van der Waals surface area contributed by atoms with Crippen LogP contribution in [0.5, 0.6) is 0 Å². The van der Waals surface area contributed by atoms with E-state index in [-0.39, 0.29) is 5.41 Å². The molecule has 1 fully saturated rings. The van der Waals surface area contributed by atoms with E-state index in [1.165, 1.54) is 18.4 Å². The monoisotopic (exact) mass is 200 g/mol. The van der Waals surface area contributed by atoms with Crippen molar-refractivity contribution >= 4 is 5.69 Å². The van der Waals surface area contributed by atoms with Gasteiger partial charge in [0, 0.05) is 24.1 Å². The van der Waals surface area contributed by atoms with Crippen molar-refractivity contribution in [3.8, 4) is 6.07 Å². The third-order valence-electron chi connectivity index (χ3n) is 3.13. The van der Waals surface area contributed by atoms with Crippen molar-refractivity contribution in [3.63, 3.8) is 0 Å². The van der Waals surface area contributed by atoms with E-state index in [1.807, 2.05) is 0 Å². The second kappa shape index (κ2) is 3.94. The third kappa shape index (κ3) is 2.50. The van der Waals surface area contributed by atoms with Crippen LogP contribution in [0.25, 0.3) is 0 Å². The number of anilines is 1. The van der Waals surface area contributed by atoms with E-state index in [2.05, 4.69) is 42.6 Å². The Bertz CT molecular complexity index is 369. The number of nitrogens with zero attached hydrogens (tertiary/aromatic N) is 1. The molecule has 1 aromatic rings.